The molecule has 1 amide bonds. The Morgan fingerprint density at radius 1 is 1.12 bits per heavy atom. The minimum absolute atomic E-state index is 0.192. The molecule has 0 aliphatic heterocycles. The second kappa shape index (κ2) is 7.44. The van der Waals surface area contributed by atoms with Crippen molar-refractivity contribution in [2.45, 2.75) is 20.3 Å². The number of aromatic nitrogens is 1. The summed E-state index contributed by atoms with van der Waals surface area (Å²) in [6.45, 7) is 3.98. The molecule has 26 heavy (non-hydrogen) atoms. The van der Waals surface area contributed by atoms with Crippen LogP contribution in [0.4, 0.5) is 5.69 Å². The molecule has 0 aliphatic rings. The number of carbonyl (C=O) groups excluding carboxylic acids is 1. The summed E-state index contributed by atoms with van der Waals surface area (Å²) < 4.78 is 10.6. The number of nitrogens with zero attached hydrogens (tertiary/aromatic N) is 1. The average Bonchev–Trinajstić information content (AvgIpc) is 2.67. The standard InChI is InChI=1S/C21H22N2O3/c1-5-16-13(2)20(15-8-6-7-9-17(15)22-16)21(24)23-18-12-14(25-3)10-11-19(18)26-4/h6-12H,5H2,1-4H3,(H,23,24). The fraction of sp³-hybridized carbons (Fsp3) is 0.238. The largest absolute Gasteiger partial charge is 0.497 e. The van der Waals surface area contributed by atoms with E-state index >= 15 is 0 Å². The molecule has 5 nitrogen and oxygen atoms in total. The number of anilines is 1. The molecule has 0 saturated heterocycles. The lowest BCUT2D eigenvalue weighted by atomic mass is 9.99. The molecule has 0 bridgehead atoms. The SMILES string of the molecule is CCc1nc2ccccc2c(C(=O)Nc2cc(OC)ccc2OC)c1C. The number of benzene rings is 2. The molecule has 134 valence electrons. The number of pyridine rings is 1. The van der Waals surface area contributed by atoms with Crippen LogP contribution in [-0.2, 0) is 6.42 Å². The third-order valence-electron chi connectivity index (χ3n) is 4.45. The Morgan fingerprint density at radius 2 is 1.88 bits per heavy atom. The Morgan fingerprint density at radius 3 is 2.58 bits per heavy atom. The number of para-hydroxylation sites is 1. The third kappa shape index (κ3) is 3.20. The number of methoxy groups -OCH3 is 2. The van der Waals surface area contributed by atoms with Crippen LogP contribution in [0.15, 0.2) is 42.5 Å². The minimum atomic E-state index is -0.192. The third-order valence-corrected chi connectivity index (χ3v) is 4.45. The first-order valence-corrected chi connectivity index (χ1v) is 8.50. The van der Waals surface area contributed by atoms with Gasteiger partial charge in [0.1, 0.15) is 11.5 Å². The Labute approximate surface area is 153 Å². The molecule has 0 saturated carbocycles. The number of nitrogens with one attached hydrogen (secondary N) is 1. The zero-order chi connectivity index (χ0) is 18.7. The van der Waals surface area contributed by atoms with Gasteiger partial charge in [0.25, 0.3) is 5.91 Å². The molecule has 2 aromatic carbocycles. The summed E-state index contributed by atoms with van der Waals surface area (Å²) >= 11 is 0. The fourth-order valence-electron chi connectivity index (χ4n) is 3.09. The molecule has 0 fully saturated rings. The van der Waals surface area contributed by atoms with Gasteiger partial charge >= 0.3 is 0 Å². The smallest absolute Gasteiger partial charge is 0.256 e. The van der Waals surface area contributed by atoms with E-state index in [4.69, 9.17) is 9.47 Å². The van der Waals surface area contributed by atoms with Gasteiger partial charge in [0.05, 0.1) is 31.0 Å². The number of aryl methyl sites for hydroxylation is 1. The van der Waals surface area contributed by atoms with E-state index in [-0.39, 0.29) is 5.91 Å². The number of hydrogen-bond donors (Lipinski definition) is 1. The van der Waals surface area contributed by atoms with Crippen molar-refractivity contribution in [3.8, 4) is 11.5 Å². The van der Waals surface area contributed by atoms with Gasteiger partial charge in [-0.2, -0.15) is 0 Å². The highest BCUT2D eigenvalue weighted by molar-refractivity contribution is 6.14. The summed E-state index contributed by atoms with van der Waals surface area (Å²) in [4.78, 5) is 17.8. The lowest BCUT2D eigenvalue weighted by Gasteiger charge is -2.15. The Balaban J connectivity index is 2.10. The number of rotatable bonds is 5. The number of ether oxygens (including phenoxy) is 2. The quantitative estimate of drug-likeness (QED) is 0.742. The zero-order valence-corrected chi connectivity index (χ0v) is 15.4. The second-order valence-electron chi connectivity index (χ2n) is 5.95. The number of fused-ring (bicyclic) bond motifs is 1. The lowest BCUT2D eigenvalue weighted by molar-refractivity contribution is 0.102. The predicted molar refractivity (Wildman–Crippen MR) is 103 cm³/mol. The normalized spacial score (nSPS) is 10.6. The molecule has 0 radical (unpaired) electrons. The van der Waals surface area contributed by atoms with E-state index in [1.54, 1.807) is 32.4 Å². The Kier molecular flexibility index (Phi) is 5.07. The van der Waals surface area contributed by atoms with Gasteiger partial charge in [-0.3, -0.25) is 9.78 Å². The molecule has 1 N–H and O–H groups in total. The first-order valence-electron chi connectivity index (χ1n) is 8.50. The topological polar surface area (TPSA) is 60.5 Å². The van der Waals surface area contributed by atoms with Crippen LogP contribution in [-0.4, -0.2) is 25.1 Å². The van der Waals surface area contributed by atoms with E-state index in [0.29, 0.717) is 22.7 Å². The van der Waals surface area contributed by atoms with E-state index in [9.17, 15) is 4.79 Å². The van der Waals surface area contributed by atoms with Crippen LogP contribution in [0, 0.1) is 6.92 Å². The fourth-order valence-corrected chi connectivity index (χ4v) is 3.09. The molecule has 0 aliphatic carbocycles. The van der Waals surface area contributed by atoms with E-state index in [1.807, 2.05) is 38.1 Å². The Hall–Kier alpha value is -3.08. The summed E-state index contributed by atoms with van der Waals surface area (Å²) in [5.74, 6) is 1.03. The second-order valence-corrected chi connectivity index (χ2v) is 5.95. The van der Waals surface area contributed by atoms with Gasteiger partial charge in [-0.1, -0.05) is 25.1 Å². The van der Waals surface area contributed by atoms with Crippen LogP contribution in [0.25, 0.3) is 10.9 Å². The van der Waals surface area contributed by atoms with Crippen LogP contribution in [0.3, 0.4) is 0 Å². The average molecular weight is 350 g/mol. The molecular formula is C21H22N2O3. The maximum atomic E-state index is 13.1. The van der Waals surface area contributed by atoms with E-state index < -0.39 is 0 Å². The summed E-state index contributed by atoms with van der Waals surface area (Å²) in [7, 11) is 3.15. The van der Waals surface area contributed by atoms with Gasteiger partial charge in [-0.25, -0.2) is 0 Å². The van der Waals surface area contributed by atoms with Crippen molar-refractivity contribution in [3.05, 3.63) is 59.3 Å². The predicted octanol–water partition coefficient (Wildman–Crippen LogP) is 4.38. The molecule has 0 spiro atoms. The number of carbonyl (C=O) groups is 1. The van der Waals surface area contributed by atoms with Crippen LogP contribution in [0.5, 0.6) is 11.5 Å². The van der Waals surface area contributed by atoms with Gasteiger partial charge in [0.2, 0.25) is 0 Å². The highest BCUT2D eigenvalue weighted by Crippen LogP contribution is 2.31. The zero-order valence-electron chi connectivity index (χ0n) is 15.4. The molecule has 0 atom stereocenters. The van der Waals surface area contributed by atoms with Crippen molar-refractivity contribution in [1.82, 2.24) is 4.98 Å². The first-order chi connectivity index (χ1) is 12.6. The first kappa shape index (κ1) is 17.7. The molecule has 1 aromatic heterocycles. The van der Waals surface area contributed by atoms with Crippen LogP contribution >= 0.6 is 0 Å². The van der Waals surface area contributed by atoms with E-state index in [0.717, 1.165) is 28.6 Å². The van der Waals surface area contributed by atoms with Crippen LogP contribution in [0.1, 0.15) is 28.5 Å². The molecule has 5 heteroatoms. The number of amides is 1. The van der Waals surface area contributed by atoms with Crippen molar-refractivity contribution >= 4 is 22.5 Å². The summed E-state index contributed by atoms with van der Waals surface area (Å²) in [5, 5.41) is 3.80. The minimum Gasteiger partial charge on any atom is -0.497 e. The lowest BCUT2D eigenvalue weighted by Crippen LogP contribution is -2.16. The summed E-state index contributed by atoms with van der Waals surface area (Å²) in [5.41, 5.74) is 3.84. The van der Waals surface area contributed by atoms with Gasteiger partial charge in [0, 0.05) is 17.1 Å². The molecule has 0 unspecified atom stereocenters. The number of hydrogen-bond acceptors (Lipinski definition) is 4. The van der Waals surface area contributed by atoms with Gasteiger partial charge in [-0.05, 0) is 37.1 Å². The summed E-state index contributed by atoms with van der Waals surface area (Å²) in [6, 6.07) is 13.0. The van der Waals surface area contributed by atoms with Crippen molar-refractivity contribution in [2.75, 3.05) is 19.5 Å². The summed E-state index contributed by atoms with van der Waals surface area (Å²) in [6.07, 6.45) is 0.763. The van der Waals surface area contributed by atoms with Gasteiger partial charge in [-0.15, -0.1) is 0 Å². The van der Waals surface area contributed by atoms with Crippen molar-refractivity contribution in [3.63, 3.8) is 0 Å². The molecule has 3 aromatic rings. The molecule has 3 rings (SSSR count). The maximum Gasteiger partial charge on any atom is 0.256 e. The van der Waals surface area contributed by atoms with E-state index in [2.05, 4.69) is 10.3 Å². The van der Waals surface area contributed by atoms with Gasteiger partial charge in [0.15, 0.2) is 0 Å². The van der Waals surface area contributed by atoms with Crippen LogP contribution in [0.2, 0.25) is 0 Å². The van der Waals surface area contributed by atoms with Gasteiger partial charge < -0.3 is 14.8 Å². The molecule has 1 heterocycles. The van der Waals surface area contributed by atoms with Crippen molar-refractivity contribution in [2.24, 2.45) is 0 Å². The van der Waals surface area contributed by atoms with Crippen molar-refractivity contribution in [1.29, 1.82) is 0 Å². The van der Waals surface area contributed by atoms with Crippen LogP contribution < -0.4 is 14.8 Å². The maximum absolute atomic E-state index is 13.1. The van der Waals surface area contributed by atoms with E-state index in [1.165, 1.54) is 0 Å². The highest BCUT2D eigenvalue weighted by Gasteiger charge is 2.19. The monoisotopic (exact) mass is 350 g/mol. The Bertz CT molecular complexity index is 967. The molecular weight excluding hydrogens is 328 g/mol. The van der Waals surface area contributed by atoms with Crippen molar-refractivity contribution < 1.29 is 14.3 Å². The highest BCUT2D eigenvalue weighted by atomic mass is 16.5.